The van der Waals surface area contributed by atoms with E-state index in [0.29, 0.717) is 17.4 Å². The number of carbonyl (C=O) groups excluding carboxylic acids is 1. The molecule has 1 rings (SSSR count). The standard InChI is InChI=1S/C11H17ClN2O2S/c1-3-14(6-7-15)11(16)13-8(2)9-4-5-10(12)17-9/h4-5,8,15H,3,6-7H2,1-2H3,(H,13,16). The van der Waals surface area contributed by atoms with Gasteiger partial charge in [0.1, 0.15) is 0 Å². The highest BCUT2D eigenvalue weighted by atomic mass is 35.5. The van der Waals surface area contributed by atoms with E-state index in [2.05, 4.69) is 5.32 Å². The van der Waals surface area contributed by atoms with Crippen molar-refractivity contribution in [2.45, 2.75) is 19.9 Å². The first-order valence-electron chi connectivity index (χ1n) is 5.50. The molecule has 6 heteroatoms. The molecule has 1 heterocycles. The number of hydrogen-bond acceptors (Lipinski definition) is 3. The second-order valence-electron chi connectivity index (χ2n) is 3.62. The van der Waals surface area contributed by atoms with Crippen molar-refractivity contribution < 1.29 is 9.90 Å². The van der Waals surface area contributed by atoms with E-state index >= 15 is 0 Å². The Balaban J connectivity index is 2.55. The zero-order chi connectivity index (χ0) is 12.8. The van der Waals surface area contributed by atoms with E-state index in [0.717, 1.165) is 4.88 Å². The van der Waals surface area contributed by atoms with Gasteiger partial charge < -0.3 is 15.3 Å². The lowest BCUT2D eigenvalue weighted by Crippen LogP contribution is -2.42. The maximum absolute atomic E-state index is 11.8. The van der Waals surface area contributed by atoms with E-state index in [1.165, 1.54) is 11.3 Å². The molecule has 0 radical (unpaired) electrons. The number of amides is 2. The number of rotatable bonds is 5. The number of halogens is 1. The van der Waals surface area contributed by atoms with Crippen LogP contribution < -0.4 is 5.32 Å². The summed E-state index contributed by atoms with van der Waals surface area (Å²) in [6, 6.07) is 3.47. The molecule has 1 atom stereocenters. The van der Waals surface area contributed by atoms with Gasteiger partial charge in [0, 0.05) is 18.0 Å². The second-order valence-corrected chi connectivity index (χ2v) is 5.36. The molecular formula is C11H17ClN2O2S. The molecule has 0 bridgehead atoms. The van der Waals surface area contributed by atoms with Crippen LogP contribution in [0.1, 0.15) is 24.8 Å². The minimum Gasteiger partial charge on any atom is -0.395 e. The van der Waals surface area contributed by atoms with Gasteiger partial charge in [0.05, 0.1) is 17.0 Å². The third-order valence-electron chi connectivity index (χ3n) is 2.40. The Labute approximate surface area is 110 Å². The summed E-state index contributed by atoms with van der Waals surface area (Å²) in [7, 11) is 0. The summed E-state index contributed by atoms with van der Waals surface area (Å²) in [5, 5.41) is 11.7. The normalized spacial score (nSPS) is 12.2. The lowest BCUT2D eigenvalue weighted by Gasteiger charge is -2.22. The average Bonchev–Trinajstić information content (AvgIpc) is 2.72. The molecule has 96 valence electrons. The van der Waals surface area contributed by atoms with E-state index in [-0.39, 0.29) is 18.7 Å². The van der Waals surface area contributed by atoms with Gasteiger partial charge in [0.25, 0.3) is 0 Å². The SMILES string of the molecule is CCN(CCO)C(=O)NC(C)c1ccc(Cl)s1. The monoisotopic (exact) mass is 276 g/mol. The number of urea groups is 1. The fourth-order valence-electron chi connectivity index (χ4n) is 1.43. The molecule has 1 unspecified atom stereocenters. The molecule has 0 saturated carbocycles. The highest BCUT2D eigenvalue weighted by Crippen LogP contribution is 2.26. The van der Waals surface area contributed by atoms with Gasteiger partial charge in [0.2, 0.25) is 0 Å². The van der Waals surface area contributed by atoms with Crippen molar-refractivity contribution >= 4 is 29.0 Å². The van der Waals surface area contributed by atoms with Crippen LogP contribution in [0.2, 0.25) is 4.34 Å². The van der Waals surface area contributed by atoms with Crippen molar-refractivity contribution in [3.05, 3.63) is 21.3 Å². The maximum atomic E-state index is 11.8. The van der Waals surface area contributed by atoms with Crippen LogP contribution in [0.5, 0.6) is 0 Å². The Hall–Kier alpha value is -0.780. The van der Waals surface area contributed by atoms with E-state index in [9.17, 15) is 4.79 Å². The Kier molecular flexibility index (Phi) is 5.74. The van der Waals surface area contributed by atoms with E-state index in [4.69, 9.17) is 16.7 Å². The maximum Gasteiger partial charge on any atom is 0.317 e. The van der Waals surface area contributed by atoms with Crippen LogP contribution in [0.3, 0.4) is 0 Å². The highest BCUT2D eigenvalue weighted by molar-refractivity contribution is 7.16. The van der Waals surface area contributed by atoms with Gasteiger partial charge in [0.15, 0.2) is 0 Å². The lowest BCUT2D eigenvalue weighted by molar-refractivity contribution is 0.178. The smallest absolute Gasteiger partial charge is 0.317 e. The zero-order valence-corrected chi connectivity index (χ0v) is 11.5. The number of hydrogen-bond donors (Lipinski definition) is 2. The summed E-state index contributed by atoms with van der Waals surface area (Å²) >= 11 is 7.30. The molecule has 0 fully saturated rings. The summed E-state index contributed by atoms with van der Waals surface area (Å²) in [5.74, 6) is 0. The summed E-state index contributed by atoms with van der Waals surface area (Å²) in [4.78, 5) is 14.4. The molecule has 1 aromatic heterocycles. The molecule has 2 amide bonds. The van der Waals surface area contributed by atoms with Gasteiger partial charge in [-0.3, -0.25) is 0 Å². The molecule has 2 N–H and O–H groups in total. The molecule has 17 heavy (non-hydrogen) atoms. The lowest BCUT2D eigenvalue weighted by atomic mass is 10.3. The predicted molar refractivity (Wildman–Crippen MR) is 70.6 cm³/mol. The van der Waals surface area contributed by atoms with Gasteiger partial charge in [-0.15, -0.1) is 11.3 Å². The summed E-state index contributed by atoms with van der Waals surface area (Å²) in [5.41, 5.74) is 0. The Bertz CT molecular complexity index is 370. The molecule has 0 aliphatic rings. The first-order chi connectivity index (χ1) is 8.08. The van der Waals surface area contributed by atoms with Gasteiger partial charge >= 0.3 is 6.03 Å². The van der Waals surface area contributed by atoms with Crippen LogP contribution in [-0.2, 0) is 0 Å². The largest absolute Gasteiger partial charge is 0.395 e. The summed E-state index contributed by atoms with van der Waals surface area (Å²) in [6.45, 7) is 4.68. The van der Waals surface area contributed by atoms with Crippen molar-refractivity contribution in [2.24, 2.45) is 0 Å². The van der Waals surface area contributed by atoms with E-state index in [1.54, 1.807) is 4.90 Å². The third kappa shape index (κ3) is 4.18. The minimum absolute atomic E-state index is 0.0273. The number of aliphatic hydroxyl groups is 1. The fraction of sp³-hybridized carbons (Fsp3) is 0.545. The molecular weight excluding hydrogens is 260 g/mol. The number of thiophene rings is 1. The Morgan fingerprint density at radius 2 is 2.35 bits per heavy atom. The quantitative estimate of drug-likeness (QED) is 0.868. The Morgan fingerprint density at radius 3 is 2.82 bits per heavy atom. The molecule has 1 aromatic rings. The number of aliphatic hydroxyl groups excluding tert-OH is 1. The highest BCUT2D eigenvalue weighted by Gasteiger charge is 2.15. The average molecular weight is 277 g/mol. The topological polar surface area (TPSA) is 52.6 Å². The van der Waals surface area contributed by atoms with E-state index in [1.807, 2.05) is 26.0 Å². The van der Waals surface area contributed by atoms with Crippen molar-refractivity contribution in [1.29, 1.82) is 0 Å². The number of likely N-dealkylation sites (N-methyl/N-ethyl adjacent to an activating group) is 1. The van der Waals surface area contributed by atoms with Gasteiger partial charge in [-0.25, -0.2) is 4.79 Å². The molecule has 0 aromatic carbocycles. The zero-order valence-electron chi connectivity index (χ0n) is 9.94. The third-order valence-corrected chi connectivity index (χ3v) is 3.81. The first kappa shape index (κ1) is 14.3. The van der Waals surface area contributed by atoms with Crippen LogP contribution in [-0.4, -0.2) is 35.7 Å². The van der Waals surface area contributed by atoms with Crippen LogP contribution in [0, 0.1) is 0 Å². The first-order valence-corrected chi connectivity index (χ1v) is 6.69. The Morgan fingerprint density at radius 1 is 1.65 bits per heavy atom. The second kappa shape index (κ2) is 6.83. The molecule has 0 aliphatic heterocycles. The van der Waals surface area contributed by atoms with Crippen molar-refractivity contribution in [3.63, 3.8) is 0 Å². The molecule has 0 saturated heterocycles. The van der Waals surface area contributed by atoms with Crippen molar-refractivity contribution in [1.82, 2.24) is 10.2 Å². The minimum atomic E-state index is -0.168. The fourth-order valence-corrected chi connectivity index (χ4v) is 2.50. The number of nitrogens with zero attached hydrogens (tertiary/aromatic N) is 1. The summed E-state index contributed by atoms with van der Waals surface area (Å²) < 4.78 is 0.712. The number of nitrogens with one attached hydrogen (secondary N) is 1. The van der Waals surface area contributed by atoms with Crippen molar-refractivity contribution in [3.8, 4) is 0 Å². The van der Waals surface area contributed by atoms with Gasteiger partial charge in [-0.05, 0) is 26.0 Å². The molecule has 0 spiro atoms. The van der Waals surface area contributed by atoms with Crippen molar-refractivity contribution in [2.75, 3.05) is 19.7 Å². The van der Waals surface area contributed by atoms with Crippen LogP contribution in [0.4, 0.5) is 4.79 Å². The van der Waals surface area contributed by atoms with Gasteiger partial charge in [-0.2, -0.15) is 0 Å². The summed E-state index contributed by atoms with van der Waals surface area (Å²) in [6.07, 6.45) is 0. The number of carbonyl (C=O) groups is 1. The van der Waals surface area contributed by atoms with Crippen LogP contribution >= 0.6 is 22.9 Å². The predicted octanol–water partition coefficient (Wildman–Crippen LogP) is 2.49. The van der Waals surface area contributed by atoms with Crippen LogP contribution in [0.15, 0.2) is 12.1 Å². The van der Waals surface area contributed by atoms with Gasteiger partial charge in [-0.1, -0.05) is 11.6 Å². The van der Waals surface area contributed by atoms with E-state index < -0.39 is 0 Å². The molecule has 4 nitrogen and oxygen atoms in total. The molecule has 0 aliphatic carbocycles. The van der Waals surface area contributed by atoms with Crippen LogP contribution in [0.25, 0.3) is 0 Å².